The average Bonchev–Trinajstić information content (AvgIpc) is 2.54. The number of rotatable bonds is 4. The second-order valence-corrected chi connectivity index (χ2v) is 6.20. The van der Waals surface area contributed by atoms with Crippen LogP contribution >= 0.6 is 11.6 Å². The summed E-state index contributed by atoms with van der Waals surface area (Å²) in [6.45, 7) is 4.80. The molecule has 3 nitrogen and oxygen atoms in total. The molecule has 1 aliphatic heterocycles. The standard InChI is InChI=1S/C19H20ClNO2/c1-13(2)23-16-6-4-15(5-7-16)21-11-14-10-17(22-3)8-9-18(14)19(20)12-21/h4-10,12-13H,11H2,1-3H3. The van der Waals surface area contributed by atoms with Crippen molar-refractivity contribution in [2.75, 3.05) is 12.0 Å². The van der Waals surface area contributed by atoms with Crippen LogP contribution in [0.4, 0.5) is 5.69 Å². The van der Waals surface area contributed by atoms with Crippen LogP contribution in [0.3, 0.4) is 0 Å². The molecule has 0 aliphatic carbocycles. The molecule has 0 amide bonds. The number of hydrogen-bond acceptors (Lipinski definition) is 3. The monoisotopic (exact) mass is 329 g/mol. The lowest BCUT2D eigenvalue weighted by Gasteiger charge is -2.27. The van der Waals surface area contributed by atoms with E-state index in [0.29, 0.717) is 0 Å². The van der Waals surface area contributed by atoms with Gasteiger partial charge in [0.05, 0.1) is 18.2 Å². The van der Waals surface area contributed by atoms with Crippen LogP contribution < -0.4 is 14.4 Å². The van der Waals surface area contributed by atoms with Crippen molar-refractivity contribution >= 4 is 22.3 Å². The number of methoxy groups -OCH3 is 1. The van der Waals surface area contributed by atoms with Crippen molar-refractivity contribution in [1.29, 1.82) is 0 Å². The molecule has 2 aromatic rings. The number of nitrogens with zero attached hydrogens (tertiary/aromatic N) is 1. The van der Waals surface area contributed by atoms with E-state index in [0.717, 1.165) is 39.9 Å². The molecule has 120 valence electrons. The third-order valence-corrected chi connectivity index (χ3v) is 4.02. The SMILES string of the molecule is COc1ccc2c(c1)CN(c1ccc(OC(C)C)cc1)C=C2Cl. The quantitative estimate of drug-likeness (QED) is 0.784. The van der Waals surface area contributed by atoms with Gasteiger partial charge in [-0.1, -0.05) is 11.6 Å². The van der Waals surface area contributed by atoms with Crippen molar-refractivity contribution in [2.45, 2.75) is 26.5 Å². The minimum atomic E-state index is 0.171. The lowest BCUT2D eigenvalue weighted by molar-refractivity contribution is 0.242. The largest absolute Gasteiger partial charge is 0.497 e. The zero-order valence-electron chi connectivity index (χ0n) is 13.5. The Labute approximate surface area is 142 Å². The number of anilines is 1. The van der Waals surface area contributed by atoms with Crippen LogP contribution in [-0.2, 0) is 6.54 Å². The Balaban J connectivity index is 1.86. The summed E-state index contributed by atoms with van der Waals surface area (Å²) in [4.78, 5) is 2.13. The first-order valence-electron chi connectivity index (χ1n) is 7.65. The Morgan fingerprint density at radius 3 is 2.39 bits per heavy atom. The van der Waals surface area contributed by atoms with Gasteiger partial charge in [-0.05, 0) is 67.4 Å². The van der Waals surface area contributed by atoms with Crippen molar-refractivity contribution in [3.05, 3.63) is 59.8 Å². The average molecular weight is 330 g/mol. The fourth-order valence-electron chi connectivity index (χ4n) is 2.65. The predicted octanol–water partition coefficient (Wildman–Crippen LogP) is 5.04. The maximum atomic E-state index is 6.44. The Bertz CT molecular complexity index is 723. The molecule has 4 heteroatoms. The first-order valence-corrected chi connectivity index (χ1v) is 8.02. The highest BCUT2D eigenvalue weighted by Gasteiger charge is 2.18. The van der Waals surface area contributed by atoms with E-state index >= 15 is 0 Å². The molecule has 1 heterocycles. The topological polar surface area (TPSA) is 21.7 Å². The molecule has 0 atom stereocenters. The fraction of sp³-hybridized carbons (Fsp3) is 0.263. The van der Waals surface area contributed by atoms with Crippen LogP contribution in [0.15, 0.2) is 48.7 Å². The predicted molar refractivity (Wildman–Crippen MR) is 95.2 cm³/mol. The summed E-state index contributed by atoms with van der Waals surface area (Å²) in [5, 5.41) is 0.733. The van der Waals surface area contributed by atoms with Gasteiger partial charge in [-0.3, -0.25) is 0 Å². The molecule has 0 saturated carbocycles. The van der Waals surface area contributed by atoms with Gasteiger partial charge in [0.25, 0.3) is 0 Å². The molecule has 0 spiro atoms. The second-order valence-electron chi connectivity index (χ2n) is 5.79. The van der Waals surface area contributed by atoms with Crippen molar-refractivity contribution in [3.63, 3.8) is 0 Å². The minimum absolute atomic E-state index is 0.171. The Hall–Kier alpha value is -2.13. The zero-order valence-corrected chi connectivity index (χ0v) is 14.3. The summed E-state index contributed by atoms with van der Waals surface area (Å²) in [6.07, 6.45) is 2.14. The Kier molecular flexibility index (Phi) is 4.49. The van der Waals surface area contributed by atoms with Crippen LogP contribution in [0.25, 0.3) is 5.03 Å². The van der Waals surface area contributed by atoms with Gasteiger partial charge in [-0.2, -0.15) is 0 Å². The molecular formula is C19H20ClNO2. The molecule has 23 heavy (non-hydrogen) atoms. The third kappa shape index (κ3) is 3.45. The first-order chi connectivity index (χ1) is 11.1. The van der Waals surface area contributed by atoms with E-state index < -0.39 is 0 Å². The molecule has 1 aliphatic rings. The molecule has 0 bridgehead atoms. The first kappa shape index (κ1) is 15.8. The Morgan fingerprint density at radius 2 is 1.74 bits per heavy atom. The van der Waals surface area contributed by atoms with Gasteiger partial charge in [-0.15, -0.1) is 0 Å². The number of fused-ring (bicyclic) bond motifs is 1. The molecule has 0 N–H and O–H groups in total. The van der Waals surface area contributed by atoms with Crippen molar-refractivity contribution in [3.8, 4) is 11.5 Å². The van der Waals surface area contributed by atoms with E-state index in [1.165, 1.54) is 0 Å². The Morgan fingerprint density at radius 1 is 1.04 bits per heavy atom. The summed E-state index contributed by atoms with van der Waals surface area (Å²) in [7, 11) is 1.67. The van der Waals surface area contributed by atoms with E-state index in [-0.39, 0.29) is 6.10 Å². The van der Waals surface area contributed by atoms with E-state index in [4.69, 9.17) is 21.1 Å². The van der Waals surface area contributed by atoms with Crippen LogP contribution in [0.2, 0.25) is 0 Å². The van der Waals surface area contributed by atoms with Gasteiger partial charge < -0.3 is 14.4 Å². The maximum Gasteiger partial charge on any atom is 0.119 e. The highest BCUT2D eigenvalue weighted by Crippen LogP contribution is 2.34. The summed E-state index contributed by atoms with van der Waals surface area (Å²) < 4.78 is 11.0. The molecule has 2 aromatic carbocycles. The fourth-order valence-corrected chi connectivity index (χ4v) is 2.95. The van der Waals surface area contributed by atoms with Gasteiger partial charge >= 0.3 is 0 Å². The van der Waals surface area contributed by atoms with E-state index in [1.54, 1.807) is 7.11 Å². The zero-order chi connectivity index (χ0) is 16.4. The van der Waals surface area contributed by atoms with Crippen LogP contribution in [-0.4, -0.2) is 13.2 Å². The van der Waals surface area contributed by atoms with Crippen LogP contribution in [0, 0.1) is 0 Å². The normalized spacial score (nSPS) is 13.6. The number of ether oxygens (including phenoxy) is 2. The highest BCUT2D eigenvalue weighted by atomic mass is 35.5. The maximum absolute atomic E-state index is 6.44. The molecule has 0 unspecified atom stereocenters. The van der Waals surface area contributed by atoms with E-state index in [1.807, 2.05) is 62.5 Å². The van der Waals surface area contributed by atoms with Crippen molar-refractivity contribution in [2.24, 2.45) is 0 Å². The van der Waals surface area contributed by atoms with E-state index in [9.17, 15) is 0 Å². The second kappa shape index (κ2) is 6.55. The number of halogens is 1. The summed E-state index contributed by atoms with van der Waals surface area (Å²) in [6, 6.07) is 14.0. The molecular weight excluding hydrogens is 310 g/mol. The molecule has 3 rings (SSSR count). The lowest BCUT2D eigenvalue weighted by Crippen LogP contribution is -2.20. The summed E-state index contributed by atoms with van der Waals surface area (Å²) >= 11 is 6.44. The summed E-state index contributed by atoms with van der Waals surface area (Å²) in [5.41, 5.74) is 3.29. The van der Waals surface area contributed by atoms with Gasteiger partial charge in [0.1, 0.15) is 11.5 Å². The van der Waals surface area contributed by atoms with Crippen LogP contribution in [0.1, 0.15) is 25.0 Å². The minimum Gasteiger partial charge on any atom is -0.497 e. The van der Waals surface area contributed by atoms with Crippen molar-refractivity contribution in [1.82, 2.24) is 0 Å². The molecule has 0 radical (unpaired) electrons. The number of hydrogen-bond donors (Lipinski definition) is 0. The van der Waals surface area contributed by atoms with E-state index in [2.05, 4.69) is 4.90 Å². The molecule has 0 saturated heterocycles. The third-order valence-electron chi connectivity index (χ3n) is 3.72. The molecule has 0 fully saturated rings. The van der Waals surface area contributed by atoms with Gasteiger partial charge in [-0.25, -0.2) is 0 Å². The smallest absolute Gasteiger partial charge is 0.119 e. The highest BCUT2D eigenvalue weighted by molar-refractivity contribution is 6.49. The summed E-state index contributed by atoms with van der Waals surface area (Å²) in [5.74, 6) is 1.72. The van der Waals surface area contributed by atoms with Gasteiger partial charge in [0.2, 0.25) is 0 Å². The number of benzene rings is 2. The van der Waals surface area contributed by atoms with Gasteiger partial charge in [0.15, 0.2) is 0 Å². The van der Waals surface area contributed by atoms with Crippen LogP contribution in [0.5, 0.6) is 11.5 Å². The molecule has 0 aromatic heterocycles. The van der Waals surface area contributed by atoms with Gasteiger partial charge in [0, 0.05) is 18.4 Å². The lowest BCUT2D eigenvalue weighted by atomic mass is 10.0. The van der Waals surface area contributed by atoms with Crippen molar-refractivity contribution < 1.29 is 9.47 Å².